The minimum Gasteiger partial charge on any atom is -0.381 e. The number of primary amides is 1. The van der Waals surface area contributed by atoms with E-state index in [9.17, 15) is 4.79 Å². The summed E-state index contributed by atoms with van der Waals surface area (Å²) in [6, 6.07) is 0. The van der Waals surface area contributed by atoms with Crippen LogP contribution in [-0.4, -0.2) is 19.1 Å². The molecule has 0 rings (SSSR count). The number of ether oxygens (including phenoxy) is 1. The van der Waals surface area contributed by atoms with E-state index in [-0.39, 0.29) is 5.91 Å². The van der Waals surface area contributed by atoms with E-state index in [0.29, 0.717) is 18.9 Å². The molecular weight excluding hydrogens is 142 g/mol. The van der Waals surface area contributed by atoms with Crippen LogP contribution in [0, 0.1) is 5.92 Å². The van der Waals surface area contributed by atoms with Crippen LogP contribution in [-0.2, 0) is 9.53 Å². The zero-order valence-corrected chi connectivity index (χ0v) is 7.30. The van der Waals surface area contributed by atoms with Gasteiger partial charge in [0, 0.05) is 13.0 Å². The molecule has 0 aromatic carbocycles. The van der Waals surface area contributed by atoms with Crippen LogP contribution in [0.25, 0.3) is 0 Å². The van der Waals surface area contributed by atoms with Crippen molar-refractivity contribution in [3.63, 3.8) is 0 Å². The molecule has 0 atom stereocenters. The molecule has 3 nitrogen and oxygen atoms in total. The Bertz CT molecular complexity index is 113. The molecule has 2 N–H and O–H groups in total. The molecule has 0 unspecified atom stereocenters. The standard InChI is InChI=1S/C8H17NO2/c1-7(2)3-5-11-6-4-8(9)10/h7H,3-6H2,1-2H3,(H2,9,10). The van der Waals surface area contributed by atoms with Crippen molar-refractivity contribution in [2.24, 2.45) is 11.7 Å². The summed E-state index contributed by atoms with van der Waals surface area (Å²) in [6.07, 6.45) is 1.37. The fourth-order valence-corrected chi connectivity index (χ4v) is 0.594. The normalized spacial score (nSPS) is 10.5. The lowest BCUT2D eigenvalue weighted by Crippen LogP contribution is -2.13. The van der Waals surface area contributed by atoms with Gasteiger partial charge in [-0.2, -0.15) is 0 Å². The third-order valence-electron chi connectivity index (χ3n) is 1.33. The Morgan fingerprint density at radius 1 is 1.45 bits per heavy atom. The van der Waals surface area contributed by atoms with Gasteiger partial charge in [-0.1, -0.05) is 13.8 Å². The maximum atomic E-state index is 10.2. The van der Waals surface area contributed by atoms with Gasteiger partial charge < -0.3 is 10.5 Å². The minimum atomic E-state index is -0.297. The van der Waals surface area contributed by atoms with E-state index in [1.165, 1.54) is 0 Å². The van der Waals surface area contributed by atoms with Crippen LogP contribution in [0.5, 0.6) is 0 Å². The van der Waals surface area contributed by atoms with Gasteiger partial charge in [0.05, 0.1) is 6.61 Å². The highest BCUT2D eigenvalue weighted by Gasteiger charge is 1.95. The van der Waals surface area contributed by atoms with Gasteiger partial charge >= 0.3 is 0 Å². The summed E-state index contributed by atoms with van der Waals surface area (Å²) >= 11 is 0. The molecule has 0 fully saturated rings. The van der Waals surface area contributed by atoms with Crippen LogP contribution in [0.1, 0.15) is 26.7 Å². The summed E-state index contributed by atoms with van der Waals surface area (Å²) < 4.78 is 5.15. The van der Waals surface area contributed by atoms with Crippen molar-refractivity contribution in [2.75, 3.05) is 13.2 Å². The Balaban J connectivity index is 2.97. The van der Waals surface area contributed by atoms with Crippen molar-refractivity contribution in [3.05, 3.63) is 0 Å². The fourth-order valence-electron chi connectivity index (χ4n) is 0.594. The van der Waals surface area contributed by atoms with Gasteiger partial charge in [-0.3, -0.25) is 4.79 Å². The largest absolute Gasteiger partial charge is 0.381 e. The van der Waals surface area contributed by atoms with E-state index < -0.39 is 0 Å². The second kappa shape index (κ2) is 6.16. The highest BCUT2D eigenvalue weighted by atomic mass is 16.5. The van der Waals surface area contributed by atoms with E-state index in [1.54, 1.807) is 0 Å². The molecule has 11 heavy (non-hydrogen) atoms. The SMILES string of the molecule is CC(C)CCOCCC(N)=O. The predicted octanol–water partition coefficient (Wildman–Crippen LogP) is 0.924. The van der Waals surface area contributed by atoms with Crippen LogP contribution in [0.4, 0.5) is 0 Å². The molecule has 0 aromatic heterocycles. The van der Waals surface area contributed by atoms with Crippen LogP contribution in [0.3, 0.4) is 0 Å². The molecule has 0 saturated heterocycles. The first-order chi connectivity index (χ1) is 5.13. The molecule has 0 saturated carbocycles. The summed E-state index contributed by atoms with van der Waals surface area (Å²) in [7, 11) is 0. The zero-order chi connectivity index (χ0) is 8.69. The monoisotopic (exact) mass is 159 g/mol. The Hall–Kier alpha value is -0.570. The average Bonchev–Trinajstić information content (AvgIpc) is 1.85. The van der Waals surface area contributed by atoms with Crippen molar-refractivity contribution in [1.82, 2.24) is 0 Å². The van der Waals surface area contributed by atoms with E-state index in [1.807, 2.05) is 0 Å². The Morgan fingerprint density at radius 3 is 2.55 bits per heavy atom. The number of carbonyl (C=O) groups excluding carboxylic acids is 1. The summed E-state index contributed by atoms with van der Waals surface area (Å²) in [5.41, 5.74) is 4.92. The first-order valence-corrected chi connectivity index (χ1v) is 3.99. The van der Waals surface area contributed by atoms with Gasteiger partial charge in [0.1, 0.15) is 0 Å². The van der Waals surface area contributed by atoms with Gasteiger partial charge in [-0.15, -0.1) is 0 Å². The number of hydrogen-bond donors (Lipinski definition) is 1. The number of nitrogens with two attached hydrogens (primary N) is 1. The van der Waals surface area contributed by atoms with Crippen LogP contribution >= 0.6 is 0 Å². The lowest BCUT2D eigenvalue weighted by Gasteiger charge is -2.04. The van der Waals surface area contributed by atoms with Crippen molar-refractivity contribution >= 4 is 5.91 Å². The van der Waals surface area contributed by atoms with Crippen LogP contribution < -0.4 is 5.73 Å². The lowest BCUT2D eigenvalue weighted by molar-refractivity contribution is -0.119. The van der Waals surface area contributed by atoms with E-state index >= 15 is 0 Å². The van der Waals surface area contributed by atoms with Crippen molar-refractivity contribution in [3.8, 4) is 0 Å². The summed E-state index contributed by atoms with van der Waals surface area (Å²) in [6.45, 7) is 5.46. The van der Waals surface area contributed by atoms with Gasteiger partial charge in [-0.25, -0.2) is 0 Å². The summed E-state index contributed by atoms with van der Waals surface area (Å²) in [5.74, 6) is 0.359. The molecule has 0 aliphatic rings. The van der Waals surface area contributed by atoms with Gasteiger partial charge in [0.2, 0.25) is 5.91 Å². The quantitative estimate of drug-likeness (QED) is 0.586. The molecule has 0 radical (unpaired) electrons. The van der Waals surface area contributed by atoms with Crippen molar-refractivity contribution in [2.45, 2.75) is 26.7 Å². The molecule has 0 aliphatic carbocycles. The highest BCUT2D eigenvalue weighted by Crippen LogP contribution is 1.98. The molecule has 3 heteroatoms. The predicted molar refractivity (Wildman–Crippen MR) is 44.1 cm³/mol. The Kier molecular flexibility index (Phi) is 5.84. The number of amides is 1. The third kappa shape index (κ3) is 9.43. The topological polar surface area (TPSA) is 52.3 Å². The highest BCUT2D eigenvalue weighted by molar-refractivity contribution is 5.73. The average molecular weight is 159 g/mol. The van der Waals surface area contributed by atoms with E-state index in [4.69, 9.17) is 10.5 Å². The smallest absolute Gasteiger partial charge is 0.219 e. The lowest BCUT2D eigenvalue weighted by atomic mass is 10.1. The van der Waals surface area contributed by atoms with Crippen molar-refractivity contribution in [1.29, 1.82) is 0 Å². The molecule has 0 aromatic rings. The van der Waals surface area contributed by atoms with Crippen molar-refractivity contribution < 1.29 is 9.53 Å². The number of rotatable bonds is 6. The summed E-state index contributed by atoms with van der Waals surface area (Å²) in [5, 5.41) is 0. The molecular formula is C8H17NO2. The first kappa shape index (κ1) is 10.4. The van der Waals surface area contributed by atoms with Gasteiger partial charge in [0.25, 0.3) is 0 Å². The molecule has 0 heterocycles. The maximum absolute atomic E-state index is 10.2. The zero-order valence-electron chi connectivity index (χ0n) is 7.30. The minimum absolute atomic E-state index is 0.297. The Labute approximate surface area is 67.9 Å². The number of hydrogen-bond acceptors (Lipinski definition) is 2. The number of carbonyl (C=O) groups is 1. The molecule has 0 aliphatic heterocycles. The second-order valence-corrected chi connectivity index (χ2v) is 3.01. The van der Waals surface area contributed by atoms with Crippen LogP contribution in [0.15, 0.2) is 0 Å². The summed E-state index contributed by atoms with van der Waals surface area (Å²) in [4.78, 5) is 10.2. The molecule has 66 valence electrons. The maximum Gasteiger partial charge on any atom is 0.219 e. The van der Waals surface area contributed by atoms with E-state index in [2.05, 4.69) is 13.8 Å². The van der Waals surface area contributed by atoms with Gasteiger partial charge in [-0.05, 0) is 12.3 Å². The fraction of sp³-hybridized carbons (Fsp3) is 0.875. The van der Waals surface area contributed by atoms with E-state index in [0.717, 1.165) is 13.0 Å². The van der Waals surface area contributed by atoms with Crippen LogP contribution in [0.2, 0.25) is 0 Å². The molecule has 0 bridgehead atoms. The van der Waals surface area contributed by atoms with Gasteiger partial charge in [0.15, 0.2) is 0 Å². The third-order valence-corrected chi connectivity index (χ3v) is 1.33. The second-order valence-electron chi connectivity index (χ2n) is 3.01. The molecule has 0 spiro atoms. The molecule has 1 amide bonds. The first-order valence-electron chi connectivity index (χ1n) is 3.99. The Morgan fingerprint density at radius 2 is 2.09 bits per heavy atom.